The number of hydrogen-bond donors (Lipinski definition) is 2. The third kappa shape index (κ3) is 4.34. The van der Waals surface area contributed by atoms with Gasteiger partial charge in [0.05, 0.1) is 18.8 Å². The SMILES string of the molecule is CCCCCCCOc1ccc2c(c1)CC(C(C)(N)CO)=C2. The molecule has 0 saturated carbocycles. The molecule has 0 amide bonds. The van der Waals surface area contributed by atoms with Gasteiger partial charge in [0.1, 0.15) is 5.75 Å². The molecule has 3 nitrogen and oxygen atoms in total. The summed E-state index contributed by atoms with van der Waals surface area (Å²) in [6.45, 7) is 4.85. The Bertz CT molecular complexity index is 520. The first-order valence-corrected chi connectivity index (χ1v) is 8.43. The minimum atomic E-state index is -0.640. The molecule has 0 heterocycles. The van der Waals surface area contributed by atoms with Gasteiger partial charge < -0.3 is 15.6 Å². The van der Waals surface area contributed by atoms with E-state index in [9.17, 15) is 5.11 Å². The summed E-state index contributed by atoms with van der Waals surface area (Å²) in [5, 5.41) is 9.40. The first-order valence-electron chi connectivity index (χ1n) is 8.43. The molecule has 1 aliphatic rings. The Labute approximate surface area is 134 Å². The number of ether oxygens (including phenoxy) is 1. The van der Waals surface area contributed by atoms with Crippen LogP contribution in [0.5, 0.6) is 5.75 Å². The van der Waals surface area contributed by atoms with Crippen molar-refractivity contribution in [1.82, 2.24) is 0 Å². The minimum absolute atomic E-state index is 0.0338. The Morgan fingerprint density at radius 1 is 1.23 bits per heavy atom. The van der Waals surface area contributed by atoms with E-state index in [-0.39, 0.29) is 6.61 Å². The average Bonchev–Trinajstić information content (AvgIpc) is 2.95. The van der Waals surface area contributed by atoms with Crippen LogP contribution < -0.4 is 10.5 Å². The molecular formula is C19H29NO2. The first-order chi connectivity index (χ1) is 10.6. The van der Waals surface area contributed by atoms with Gasteiger partial charge in [0.2, 0.25) is 0 Å². The number of nitrogens with two attached hydrogens (primary N) is 1. The van der Waals surface area contributed by atoms with Crippen molar-refractivity contribution in [2.45, 2.75) is 57.9 Å². The maximum absolute atomic E-state index is 9.40. The van der Waals surface area contributed by atoms with Crippen molar-refractivity contribution in [3.63, 3.8) is 0 Å². The number of rotatable bonds is 9. The number of fused-ring (bicyclic) bond motifs is 1. The van der Waals surface area contributed by atoms with Crippen molar-refractivity contribution in [2.24, 2.45) is 5.73 Å². The molecule has 0 aliphatic heterocycles. The molecule has 0 spiro atoms. The van der Waals surface area contributed by atoms with Crippen LogP contribution in [-0.2, 0) is 6.42 Å². The Balaban J connectivity index is 1.85. The molecule has 3 heteroatoms. The molecule has 22 heavy (non-hydrogen) atoms. The Morgan fingerprint density at radius 2 is 2.00 bits per heavy atom. The minimum Gasteiger partial charge on any atom is -0.494 e. The van der Waals surface area contributed by atoms with Gasteiger partial charge in [-0.2, -0.15) is 0 Å². The maximum atomic E-state index is 9.40. The highest BCUT2D eigenvalue weighted by Gasteiger charge is 2.27. The highest BCUT2D eigenvalue weighted by atomic mass is 16.5. The summed E-state index contributed by atoms with van der Waals surface area (Å²) >= 11 is 0. The summed E-state index contributed by atoms with van der Waals surface area (Å²) in [5.41, 5.74) is 9.00. The fourth-order valence-electron chi connectivity index (χ4n) is 2.77. The Kier molecular flexibility index (Phi) is 6.04. The van der Waals surface area contributed by atoms with Crippen LogP contribution in [-0.4, -0.2) is 23.9 Å². The van der Waals surface area contributed by atoms with Crippen LogP contribution in [0.3, 0.4) is 0 Å². The van der Waals surface area contributed by atoms with E-state index in [2.05, 4.69) is 25.1 Å². The topological polar surface area (TPSA) is 55.5 Å². The van der Waals surface area contributed by atoms with E-state index in [0.29, 0.717) is 0 Å². The summed E-state index contributed by atoms with van der Waals surface area (Å²) < 4.78 is 5.85. The summed E-state index contributed by atoms with van der Waals surface area (Å²) in [7, 11) is 0. The third-order valence-corrected chi connectivity index (χ3v) is 4.40. The predicted octanol–water partition coefficient (Wildman–Crippen LogP) is 3.69. The molecule has 1 atom stereocenters. The molecule has 1 aromatic carbocycles. The van der Waals surface area contributed by atoms with Crippen LogP contribution in [0.25, 0.3) is 6.08 Å². The number of aliphatic hydroxyl groups is 1. The fourth-order valence-corrected chi connectivity index (χ4v) is 2.77. The highest BCUT2D eigenvalue weighted by Crippen LogP contribution is 2.32. The zero-order chi connectivity index (χ0) is 16.0. The summed E-state index contributed by atoms with van der Waals surface area (Å²) in [6.07, 6.45) is 9.15. The van der Waals surface area contributed by atoms with Crippen LogP contribution in [0.15, 0.2) is 23.8 Å². The number of benzene rings is 1. The number of hydrogen-bond acceptors (Lipinski definition) is 3. The van der Waals surface area contributed by atoms with Crippen molar-refractivity contribution >= 4 is 6.08 Å². The van der Waals surface area contributed by atoms with Crippen LogP contribution in [0.2, 0.25) is 0 Å². The standard InChI is InChI=1S/C19H29NO2/c1-3-4-5-6-7-10-22-18-9-8-15-11-17(12-16(15)13-18)19(2,20)14-21/h8-9,11,13,21H,3-7,10,12,14,20H2,1-2H3. The first kappa shape index (κ1) is 17.0. The van der Waals surface area contributed by atoms with Crippen molar-refractivity contribution in [1.29, 1.82) is 0 Å². The predicted molar refractivity (Wildman–Crippen MR) is 92.1 cm³/mol. The zero-order valence-corrected chi connectivity index (χ0v) is 13.9. The quantitative estimate of drug-likeness (QED) is 0.684. The number of unbranched alkanes of at least 4 members (excludes halogenated alkanes) is 4. The van der Waals surface area contributed by atoms with E-state index in [1.165, 1.54) is 36.8 Å². The van der Waals surface area contributed by atoms with E-state index in [4.69, 9.17) is 10.5 Å². The van der Waals surface area contributed by atoms with Crippen LogP contribution >= 0.6 is 0 Å². The average molecular weight is 303 g/mol. The van der Waals surface area contributed by atoms with E-state index < -0.39 is 5.54 Å². The lowest BCUT2D eigenvalue weighted by atomic mass is 9.92. The second kappa shape index (κ2) is 7.80. The Hall–Kier alpha value is -1.32. The van der Waals surface area contributed by atoms with Crippen molar-refractivity contribution in [3.05, 3.63) is 34.9 Å². The second-order valence-corrected chi connectivity index (χ2v) is 6.55. The monoisotopic (exact) mass is 303 g/mol. The number of aliphatic hydroxyl groups excluding tert-OH is 1. The van der Waals surface area contributed by atoms with E-state index in [0.717, 1.165) is 30.8 Å². The highest BCUT2D eigenvalue weighted by molar-refractivity contribution is 5.67. The lowest BCUT2D eigenvalue weighted by Gasteiger charge is -2.23. The van der Waals surface area contributed by atoms with Gasteiger partial charge in [-0.15, -0.1) is 0 Å². The van der Waals surface area contributed by atoms with Gasteiger partial charge >= 0.3 is 0 Å². The molecule has 1 unspecified atom stereocenters. The molecule has 2 rings (SSSR count). The van der Waals surface area contributed by atoms with Gasteiger partial charge in [0, 0.05) is 0 Å². The smallest absolute Gasteiger partial charge is 0.119 e. The maximum Gasteiger partial charge on any atom is 0.119 e. The van der Waals surface area contributed by atoms with Gasteiger partial charge in [0.25, 0.3) is 0 Å². The molecule has 122 valence electrons. The van der Waals surface area contributed by atoms with Crippen molar-refractivity contribution in [3.8, 4) is 5.75 Å². The lowest BCUT2D eigenvalue weighted by Crippen LogP contribution is -2.42. The van der Waals surface area contributed by atoms with Gasteiger partial charge in [-0.1, -0.05) is 44.7 Å². The van der Waals surface area contributed by atoms with Crippen LogP contribution in [0.1, 0.15) is 57.1 Å². The molecule has 0 bridgehead atoms. The molecule has 0 saturated heterocycles. The zero-order valence-electron chi connectivity index (χ0n) is 13.9. The molecule has 1 aromatic rings. The van der Waals surface area contributed by atoms with E-state index >= 15 is 0 Å². The van der Waals surface area contributed by atoms with Crippen molar-refractivity contribution in [2.75, 3.05) is 13.2 Å². The van der Waals surface area contributed by atoms with Gasteiger partial charge in [0.15, 0.2) is 0 Å². The summed E-state index contributed by atoms with van der Waals surface area (Å²) in [4.78, 5) is 0. The second-order valence-electron chi connectivity index (χ2n) is 6.55. The van der Waals surface area contributed by atoms with E-state index in [1.807, 2.05) is 13.0 Å². The van der Waals surface area contributed by atoms with Crippen LogP contribution in [0, 0.1) is 0 Å². The molecule has 0 radical (unpaired) electrons. The van der Waals surface area contributed by atoms with Gasteiger partial charge in [-0.05, 0) is 48.6 Å². The summed E-state index contributed by atoms with van der Waals surface area (Å²) in [6, 6.07) is 6.22. The third-order valence-electron chi connectivity index (χ3n) is 4.40. The van der Waals surface area contributed by atoms with Gasteiger partial charge in [-0.3, -0.25) is 0 Å². The normalized spacial score (nSPS) is 16.1. The van der Waals surface area contributed by atoms with Crippen molar-refractivity contribution < 1.29 is 9.84 Å². The fraction of sp³-hybridized carbons (Fsp3) is 0.579. The molecular weight excluding hydrogens is 274 g/mol. The molecule has 3 N–H and O–H groups in total. The van der Waals surface area contributed by atoms with E-state index in [1.54, 1.807) is 0 Å². The van der Waals surface area contributed by atoms with Gasteiger partial charge in [-0.25, -0.2) is 0 Å². The molecule has 1 aliphatic carbocycles. The molecule has 0 fully saturated rings. The summed E-state index contributed by atoms with van der Waals surface area (Å²) in [5.74, 6) is 0.937. The van der Waals surface area contributed by atoms with Crippen LogP contribution in [0.4, 0.5) is 0 Å². The lowest BCUT2D eigenvalue weighted by molar-refractivity contribution is 0.230. The Morgan fingerprint density at radius 3 is 2.73 bits per heavy atom. The molecule has 0 aromatic heterocycles. The largest absolute Gasteiger partial charge is 0.494 e.